The average molecular weight is 459 g/mol. The number of fused-ring (bicyclic) bond motifs is 2. The van der Waals surface area contributed by atoms with Gasteiger partial charge >= 0.3 is 0 Å². The minimum atomic E-state index is -0.212. The number of nitrogens with zero attached hydrogens (tertiary/aromatic N) is 4. The standard InChI is InChI=1S/C28H31FN4O/c1-18-25-15-21-3-2-4-22(21)16-26(25)31-28(30-18)32-12-9-20(10-13-32)27(34)33-14-11-23(17-33)19-5-7-24(29)8-6-19/h5-8,15-16,20,23H,2-4,9-14,17H2,1H3. The fourth-order valence-corrected chi connectivity index (χ4v) is 6.03. The molecule has 0 spiro atoms. The van der Waals surface area contributed by atoms with Crippen molar-refractivity contribution in [3.8, 4) is 0 Å². The van der Waals surface area contributed by atoms with Crippen molar-refractivity contribution in [2.45, 2.75) is 51.4 Å². The van der Waals surface area contributed by atoms with Gasteiger partial charge in [0, 0.05) is 43.4 Å². The van der Waals surface area contributed by atoms with Gasteiger partial charge in [0.25, 0.3) is 0 Å². The van der Waals surface area contributed by atoms with Crippen molar-refractivity contribution in [2.75, 3.05) is 31.1 Å². The summed E-state index contributed by atoms with van der Waals surface area (Å²) in [6.07, 6.45) is 6.16. The van der Waals surface area contributed by atoms with Gasteiger partial charge in [0.1, 0.15) is 5.82 Å². The van der Waals surface area contributed by atoms with Crippen LogP contribution in [0.5, 0.6) is 0 Å². The Morgan fingerprint density at radius 1 is 0.971 bits per heavy atom. The number of carbonyl (C=O) groups is 1. The number of hydrogen-bond acceptors (Lipinski definition) is 4. The van der Waals surface area contributed by atoms with Crippen molar-refractivity contribution in [1.29, 1.82) is 0 Å². The van der Waals surface area contributed by atoms with Gasteiger partial charge in [-0.15, -0.1) is 0 Å². The van der Waals surface area contributed by atoms with Gasteiger partial charge < -0.3 is 9.80 Å². The average Bonchev–Trinajstić information content (AvgIpc) is 3.53. The van der Waals surface area contributed by atoms with E-state index in [0.717, 1.165) is 81.0 Å². The van der Waals surface area contributed by atoms with Crippen molar-refractivity contribution in [3.63, 3.8) is 0 Å². The number of carbonyl (C=O) groups excluding carboxylic acids is 1. The molecule has 5 nitrogen and oxygen atoms in total. The maximum atomic E-state index is 13.2. The molecule has 1 aromatic heterocycles. The first kappa shape index (κ1) is 21.5. The molecule has 2 aliphatic heterocycles. The summed E-state index contributed by atoms with van der Waals surface area (Å²) in [6.45, 7) is 5.22. The Kier molecular flexibility index (Phi) is 5.47. The molecule has 1 unspecified atom stereocenters. The number of benzene rings is 2. The maximum absolute atomic E-state index is 13.2. The van der Waals surface area contributed by atoms with Gasteiger partial charge in [-0.25, -0.2) is 14.4 Å². The second-order valence-corrected chi connectivity index (χ2v) is 10.2. The minimum Gasteiger partial charge on any atom is -0.342 e. The van der Waals surface area contributed by atoms with Gasteiger partial charge in [-0.1, -0.05) is 12.1 Å². The van der Waals surface area contributed by atoms with E-state index >= 15 is 0 Å². The molecule has 0 bridgehead atoms. The molecule has 2 fully saturated rings. The van der Waals surface area contributed by atoms with Crippen LogP contribution in [0.4, 0.5) is 10.3 Å². The molecule has 6 rings (SSSR count). The van der Waals surface area contributed by atoms with Crippen molar-refractivity contribution >= 4 is 22.8 Å². The monoisotopic (exact) mass is 458 g/mol. The number of rotatable bonds is 3. The highest BCUT2D eigenvalue weighted by molar-refractivity contribution is 5.84. The molecular weight excluding hydrogens is 427 g/mol. The Morgan fingerprint density at radius 3 is 2.47 bits per heavy atom. The molecule has 1 amide bonds. The molecule has 1 aliphatic carbocycles. The zero-order valence-electron chi connectivity index (χ0n) is 19.8. The van der Waals surface area contributed by atoms with Gasteiger partial charge in [-0.3, -0.25) is 4.79 Å². The molecule has 34 heavy (non-hydrogen) atoms. The first-order chi connectivity index (χ1) is 16.5. The molecular formula is C28H31FN4O. The van der Waals surface area contributed by atoms with Crippen molar-refractivity contribution in [1.82, 2.24) is 14.9 Å². The Balaban J connectivity index is 1.11. The lowest BCUT2D eigenvalue weighted by Gasteiger charge is -2.33. The molecule has 0 saturated carbocycles. The fraction of sp³-hybridized carbons (Fsp3) is 0.464. The van der Waals surface area contributed by atoms with Crippen LogP contribution >= 0.6 is 0 Å². The normalized spacial score (nSPS) is 20.8. The van der Waals surface area contributed by atoms with E-state index in [-0.39, 0.29) is 17.6 Å². The van der Waals surface area contributed by atoms with Crippen LogP contribution in [-0.2, 0) is 17.6 Å². The molecule has 6 heteroatoms. The smallest absolute Gasteiger partial charge is 0.226 e. The topological polar surface area (TPSA) is 49.3 Å². The molecule has 176 valence electrons. The summed E-state index contributed by atoms with van der Waals surface area (Å²) in [5, 5.41) is 1.17. The number of hydrogen-bond donors (Lipinski definition) is 0. The second kappa shape index (κ2) is 8.64. The Bertz CT molecular complexity index is 1230. The van der Waals surface area contributed by atoms with Gasteiger partial charge in [-0.2, -0.15) is 0 Å². The van der Waals surface area contributed by atoms with E-state index in [2.05, 4.69) is 24.0 Å². The van der Waals surface area contributed by atoms with Gasteiger partial charge in [0.2, 0.25) is 11.9 Å². The van der Waals surface area contributed by atoms with Crippen LogP contribution in [0.3, 0.4) is 0 Å². The molecule has 1 atom stereocenters. The molecule has 0 N–H and O–H groups in total. The number of anilines is 1. The number of aromatic nitrogens is 2. The van der Waals surface area contributed by atoms with Crippen LogP contribution in [0, 0.1) is 18.7 Å². The molecule has 3 aliphatic rings. The molecule has 0 radical (unpaired) electrons. The van der Waals surface area contributed by atoms with E-state index in [4.69, 9.17) is 9.97 Å². The summed E-state index contributed by atoms with van der Waals surface area (Å²) in [7, 11) is 0. The van der Waals surface area contributed by atoms with E-state index < -0.39 is 0 Å². The first-order valence-electron chi connectivity index (χ1n) is 12.6. The third-order valence-corrected chi connectivity index (χ3v) is 8.06. The number of aryl methyl sites for hydroxylation is 3. The third-order valence-electron chi connectivity index (χ3n) is 8.06. The summed E-state index contributed by atoms with van der Waals surface area (Å²) >= 11 is 0. The third kappa shape index (κ3) is 3.93. The fourth-order valence-electron chi connectivity index (χ4n) is 6.03. The lowest BCUT2D eigenvalue weighted by atomic mass is 9.95. The molecule has 3 aromatic rings. The zero-order chi connectivity index (χ0) is 23.2. The van der Waals surface area contributed by atoms with Crippen molar-refractivity contribution < 1.29 is 9.18 Å². The summed E-state index contributed by atoms with van der Waals surface area (Å²) in [5.74, 6) is 1.23. The predicted molar refractivity (Wildman–Crippen MR) is 132 cm³/mol. The van der Waals surface area contributed by atoms with Gasteiger partial charge in [-0.05, 0) is 86.4 Å². The second-order valence-electron chi connectivity index (χ2n) is 10.2. The maximum Gasteiger partial charge on any atom is 0.226 e. The number of likely N-dealkylation sites (tertiary alicyclic amines) is 1. The molecule has 2 aromatic carbocycles. The summed E-state index contributed by atoms with van der Waals surface area (Å²) in [5.41, 5.74) is 6.10. The molecule has 2 saturated heterocycles. The summed E-state index contributed by atoms with van der Waals surface area (Å²) < 4.78 is 13.2. The van der Waals surface area contributed by atoms with Gasteiger partial charge in [0.15, 0.2) is 0 Å². The lowest BCUT2D eigenvalue weighted by Crippen LogP contribution is -2.42. The van der Waals surface area contributed by atoms with Crippen molar-refractivity contribution in [2.24, 2.45) is 5.92 Å². The zero-order valence-corrected chi connectivity index (χ0v) is 19.8. The highest BCUT2D eigenvalue weighted by atomic mass is 19.1. The van der Waals surface area contributed by atoms with E-state index in [1.165, 1.54) is 35.1 Å². The number of piperidine rings is 1. The van der Waals surface area contributed by atoms with Crippen LogP contribution < -0.4 is 4.90 Å². The Hall–Kier alpha value is -3.02. The summed E-state index contributed by atoms with van der Waals surface area (Å²) in [4.78, 5) is 27.3. The highest BCUT2D eigenvalue weighted by Gasteiger charge is 2.34. The molecule has 3 heterocycles. The summed E-state index contributed by atoms with van der Waals surface area (Å²) in [6, 6.07) is 11.3. The van der Waals surface area contributed by atoms with E-state index in [9.17, 15) is 9.18 Å². The van der Waals surface area contributed by atoms with Crippen molar-refractivity contribution in [3.05, 3.63) is 64.6 Å². The first-order valence-corrected chi connectivity index (χ1v) is 12.6. The number of amides is 1. The van der Waals surface area contributed by atoms with Crippen LogP contribution in [0.25, 0.3) is 10.9 Å². The minimum absolute atomic E-state index is 0.0630. The largest absolute Gasteiger partial charge is 0.342 e. The van der Waals surface area contributed by atoms with Crippen LogP contribution in [0.15, 0.2) is 36.4 Å². The Morgan fingerprint density at radius 2 is 1.71 bits per heavy atom. The van der Waals surface area contributed by atoms with E-state index in [1.807, 2.05) is 17.0 Å². The Labute approximate surface area is 200 Å². The SMILES string of the molecule is Cc1nc(N2CCC(C(=O)N3CCC(c4ccc(F)cc4)C3)CC2)nc2cc3c(cc12)CCC3. The number of halogens is 1. The highest BCUT2D eigenvalue weighted by Crippen LogP contribution is 2.32. The predicted octanol–water partition coefficient (Wildman–Crippen LogP) is 4.80. The lowest BCUT2D eigenvalue weighted by molar-refractivity contribution is -0.135. The van der Waals surface area contributed by atoms with Gasteiger partial charge in [0.05, 0.1) is 11.2 Å². The van der Waals surface area contributed by atoms with Crippen LogP contribution in [0.2, 0.25) is 0 Å². The van der Waals surface area contributed by atoms with E-state index in [1.54, 1.807) is 0 Å². The van der Waals surface area contributed by atoms with Crippen LogP contribution in [0.1, 0.15) is 54.0 Å². The van der Waals surface area contributed by atoms with Crippen LogP contribution in [-0.4, -0.2) is 47.0 Å². The van der Waals surface area contributed by atoms with E-state index in [0.29, 0.717) is 5.92 Å². The quantitative estimate of drug-likeness (QED) is 0.566.